The van der Waals surface area contributed by atoms with Crippen molar-refractivity contribution in [3.05, 3.63) is 54.0 Å². The number of rotatable bonds is 3. The quantitative estimate of drug-likeness (QED) is 0.781. The minimum absolute atomic E-state index is 0.328. The SMILES string of the molecule is CCC(C)c1ccc(-c2nc3ccc(F)cn3c2N)cc1. The van der Waals surface area contributed by atoms with Gasteiger partial charge < -0.3 is 5.73 Å². The van der Waals surface area contributed by atoms with Crippen LogP contribution in [0.3, 0.4) is 0 Å². The van der Waals surface area contributed by atoms with Gasteiger partial charge in [-0.2, -0.15) is 0 Å². The molecule has 1 atom stereocenters. The van der Waals surface area contributed by atoms with Gasteiger partial charge >= 0.3 is 0 Å². The fraction of sp³-hybridized carbons (Fsp3) is 0.235. The summed E-state index contributed by atoms with van der Waals surface area (Å²) in [7, 11) is 0. The molecule has 0 saturated heterocycles. The van der Waals surface area contributed by atoms with Gasteiger partial charge in [0.1, 0.15) is 23.0 Å². The molecule has 21 heavy (non-hydrogen) atoms. The molecule has 1 aromatic carbocycles. The van der Waals surface area contributed by atoms with Gasteiger partial charge in [0.25, 0.3) is 0 Å². The summed E-state index contributed by atoms with van der Waals surface area (Å²) >= 11 is 0. The fourth-order valence-electron chi connectivity index (χ4n) is 2.45. The second-order valence-corrected chi connectivity index (χ2v) is 5.35. The van der Waals surface area contributed by atoms with Gasteiger partial charge in [-0.25, -0.2) is 9.37 Å². The molecule has 0 aliphatic rings. The first-order valence-corrected chi connectivity index (χ1v) is 7.13. The summed E-state index contributed by atoms with van der Waals surface area (Å²) in [5.41, 5.74) is 9.69. The summed E-state index contributed by atoms with van der Waals surface area (Å²) in [6.07, 6.45) is 2.46. The van der Waals surface area contributed by atoms with E-state index in [1.54, 1.807) is 10.5 Å². The topological polar surface area (TPSA) is 43.3 Å². The Morgan fingerprint density at radius 3 is 2.57 bits per heavy atom. The van der Waals surface area contributed by atoms with E-state index < -0.39 is 0 Å². The number of halogens is 1. The van der Waals surface area contributed by atoms with Crippen LogP contribution in [0.5, 0.6) is 0 Å². The highest BCUT2D eigenvalue weighted by atomic mass is 19.1. The van der Waals surface area contributed by atoms with Crippen LogP contribution < -0.4 is 5.73 Å². The number of hydrogen-bond acceptors (Lipinski definition) is 2. The lowest BCUT2D eigenvalue weighted by Crippen LogP contribution is -1.95. The maximum absolute atomic E-state index is 13.3. The van der Waals surface area contributed by atoms with Crippen molar-refractivity contribution in [2.24, 2.45) is 0 Å². The van der Waals surface area contributed by atoms with E-state index in [4.69, 9.17) is 5.73 Å². The van der Waals surface area contributed by atoms with Crippen molar-refractivity contribution >= 4 is 11.5 Å². The molecule has 0 spiro atoms. The van der Waals surface area contributed by atoms with Gasteiger partial charge in [0.2, 0.25) is 0 Å². The zero-order valence-corrected chi connectivity index (χ0v) is 12.2. The molecule has 0 aliphatic heterocycles. The molecule has 2 N–H and O–H groups in total. The number of nitrogens with two attached hydrogens (primary N) is 1. The van der Waals surface area contributed by atoms with Crippen molar-refractivity contribution in [3.8, 4) is 11.3 Å². The third kappa shape index (κ3) is 2.37. The Morgan fingerprint density at radius 2 is 1.90 bits per heavy atom. The average Bonchev–Trinajstić information content (AvgIpc) is 2.83. The largest absolute Gasteiger partial charge is 0.383 e. The number of nitrogens with zero attached hydrogens (tertiary/aromatic N) is 2. The molecule has 0 aliphatic carbocycles. The summed E-state index contributed by atoms with van der Waals surface area (Å²) in [6, 6.07) is 11.3. The molecule has 0 saturated carbocycles. The van der Waals surface area contributed by atoms with E-state index in [1.807, 2.05) is 12.1 Å². The zero-order chi connectivity index (χ0) is 15.0. The Hall–Kier alpha value is -2.36. The van der Waals surface area contributed by atoms with Crippen LogP contribution in [0, 0.1) is 5.82 Å². The van der Waals surface area contributed by atoms with E-state index >= 15 is 0 Å². The molecule has 0 bridgehead atoms. The molecule has 0 radical (unpaired) electrons. The summed E-state index contributed by atoms with van der Waals surface area (Å²) in [5, 5.41) is 0. The highest BCUT2D eigenvalue weighted by Gasteiger charge is 2.12. The van der Waals surface area contributed by atoms with Crippen LogP contribution in [-0.2, 0) is 0 Å². The third-order valence-electron chi connectivity index (χ3n) is 3.98. The maximum Gasteiger partial charge on any atom is 0.140 e. The summed E-state index contributed by atoms with van der Waals surface area (Å²) in [5.74, 6) is 0.664. The molecule has 0 fully saturated rings. The Morgan fingerprint density at radius 1 is 1.19 bits per heavy atom. The zero-order valence-electron chi connectivity index (χ0n) is 12.2. The first-order valence-electron chi connectivity index (χ1n) is 7.13. The molecule has 1 unspecified atom stereocenters. The van der Waals surface area contributed by atoms with Crippen molar-refractivity contribution in [2.75, 3.05) is 5.73 Å². The molecule has 108 valence electrons. The molecule has 3 aromatic rings. The van der Waals surface area contributed by atoms with E-state index in [-0.39, 0.29) is 5.82 Å². The van der Waals surface area contributed by atoms with Crippen LogP contribution >= 0.6 is 0 Å². The molecule has 0 amide bonds. The molecule has 2 heterocycles. The van der Waals surface area contributed by atoms with Crippen molar-refractivity contribution in [1.82, 2.24) is 9.38 Å². The second kappa shape index (κ2) is 5.20. The Bertz CT molecular complexity index is 775. The van der Waals surface area contributed by atoms with Crippen molar-refractivity contribution in [3.63, 3.8) is 0 Å². The second-order valence-electron chi connectivity index (χ2n) is 5.35. The van der Waals surface area contributed by atoms with Crippen LogP contribution in [0.25, 0.3) is 16.9 Å². The predicted molar refractivity (Wildman–Crippen MR) is 83.7 cm³/mol. The smallest absolute Gasteiger partial charge is 0.140 e. The molecule has 4 heteroatoms. The van der Waals surface area contributed by atoms with Crippen LogP contribution in [0.15, 0.2) is 42.6 Å². The Labute approximate surface area is 123 Å². The number of nitrogen functional groups attached to an aromatic ring is 1. The summed E-state index contributed by atoms with van der Waals surface area (Å²) in [4.78, 5) is 4.49. The molecular weight excluding hydrogens is 265 g/mol. The minimum atomic E-state index is -0.328. The van der Waals surface area contributed by atoms with Crippen molar-refractivity contribution < 1.29 is 4.39 Å². The normalized spacial score (nSPS) is 12.7. The van der Waals surface area contributed by atoms with Crippen molar-refractivity contribution in [1.29, 1.82) is 0 Å². The van der Waals surface area contributed by atoms with Gasteiger partial charge in [-0.3, -0.25) is 4.40 Å². The summed E-state index contributed by atoms with van der Waals surface area (Å²) in [6.45, 7) is 4.38. The predicted octanol–water partition coefficient (Wildman–Crippen LogP) is 4.24. The van der Waals surface area contributed by atoms with Gasteiger partial charge in [0.15, 0.2) is 0 Å². The van der Waals surface area contributed by atoms with Crippen molar-refractivity contribution in [2.45, 2.75) is 26.2 Å². The van der Waals surface area contributed by atoms with E-state index in [2.05, 4.69) is 31.0 Å². The molecule has 3 rings (SSSR count). The highest BCUT2D eigenvalue weighted by molar-refractivity contribution is 5.75. The van der Waals surface area contributed by atoms with E-state index in [9.17, 15) is 4.39 Å². The lowest BCUT2D eigenvalue weighted by molar-refractivity contribution is 0.619. The number of benzene rings is 1. The Balaban J connectivity index is 2.06. The summed E-state index contributed by atoms with van der Waals surface area (Å²) < 4.78 is 14.9. The molecule has 2 aromatic heterocycles. The number of imidazole rings is 1. The van der Waals surface area contributed by atoms with E-state index in [0.717, 1.165) is 12.0 Å². The molecular formula is C17H18FN3. The number of anilines is 1. The third-order valence-corrected chi connectivity index (χ3v) is 3.98. The minimum Gasteiger partial charge on any atom is -0.383 e. The van der Waals surface area contributed by atoms with Crippen LogP contribution in [-0.4, -0.2) is 9.38 Å². The van der Waals surface area contributed by atoms with E-state index in [0.29, 0.717) is 23.1 Å². The number of hydrogen-bond donors (Lipinski definition) is 1. The van der Waals surface area contributed by atoms with E-state index in [1.165, 1.54) is 17.8 Å². The molecule has 3 nitrogen and oxygen atoms in total. The fourth-order valence-corrected chi connectivity index (χ4v) is 2.45. The van der Waals surface area contributed by atoms with Gasteiger partial charge in [-0.05, 0) is 30.0 Å². The average molecular weight is 283 g/mol. The maximum atomic E-state index is 13.3. The van der Waals surface area contributed by atoms with Crippen LogP contribution in [0.1, 0.15) is 31.7 Å². The van der Waals surface area contributed by atoms with Crippen LogP contribution in [0.2, 0.25) is 0 Å². The van der Waals surface area contributed by atoms with Gasteiger partial charge in [0, 0.05) is 11.8 Å². The van der Waals surface area contributed by atoms with Crippen LogP contribution in [0.4, 0.5) is 10.2 Å². The van der Waals surface area contributed by atoms with Gasteiger partial charge in [-0.1, -0.05) is 38.1 Å². The van der Waals surface area contributed by atoms with Gasteiger partial charge in [-0.15, -0.1) is 0 Å². The lowest BCUT2D eigenvalue weighted by atomic mass is 9.97. The number of fused-ring (bicyclic) bond motifs is 1. The lowest BCUT2D eigenvalue weighted by Gasteiger charge is -2.09. The monoisotopic (exact) mass is 283 g/mol. The van der Waals surface area contributed by atoms with Gasteiger partial charge in [0.05, 0.1) is 0 Å². The number of pyridine rings is 1. The number of aromatic nitrogens is 2. The highest BCUT2D eigenvalue weighted by Crippen LogP contribution is 2.28. The first-order chi connectivity index (χ1) is 10.1. The Kier molecular flexibility index (Phi) is 3.37. The standard InChI is InChI=1S/C17H18FN3/c1-3-11(2)12-4-6-13(7-5-12)16-17(19)21-10-14(18)8-9-15(21)20-16/h4-11H,3,19H2,1-2H3. The first kappa shape index (κ1) is 13.6.